The Kier molecular flexibility index (Phi) is 4.24. The van der Waals surface area contributed by atoms with E-state index in [1.54, 1.807) is 24.3 Å². The maximum absolute atomic E-state index is 11.9. The summed E-state index contributed by atoms with van der Waals surface area (Å²) >= 11 is 5.85. The molecule has 1 heterocycles. The minimum atomic E-state index is -0.727. The van der Waals surface area contributed by atoms with Crippen molar-refractivity contribution < 1.29 is 19.8 Å². The lowest BCUT2D eigenvalue weighted by Crippen LogP contribution is -1.94. The number of aromatic nitrogens is 1. The zero-order valence-electron chi connectivity index (χ0n) is 13.0. The third-order valence-electron chi connectivity index (χ3n) is 3.54. The van der Waals surface area contributed by atoms with Crippen LogP contribution in [0.25, 0.3) is 16.5 Å². The molecule has 0 aliphatic heterocycles. The van der Waals surface area contributed by atoms with E-state index < -0.39 is 11.8 Å². The Bertz CT molecular complexity index is 1020. The summed E-state index contributed by atoms with van der Waals surface area (Å²) in [6, 6.07) is 10.8. The molecule has 2 amide bonds. The van der Waals surface area contributed by atoms with Crippen molar-refractivity contribution in [2.45, 2.75) is 6.92 Å². The Morgan fingerprint density at radius 3 is 2.24 bits per heavy atom. The summed E-state index contributed by atoms with van der Waals surface area (Å²) in [5, 5.41) is 28.5. The number of carbonyl (C=O) groups is 2. The summed E-state index contributed by atoms with van der Waals surface area (Å²) < 4.78 is 1.23. The van der Waals surface area contributed by atoms with Gasteiger partial charge in [0.15, 0.2) is 0 Å². The van der Waals surface area contributed by atoms with Gasteiger partial charge in [-0.3, -0.25) is 14.2 Å². The first-order chi connectivity index (χ1) is 11.9. The second-order valence-corrected chi connectivity index (χ2v) is 5.68. The molecule has 0 fully saturated rings. The number of hydrogen-bond donors (Lipinski definition) is 2. The van der Waals surface area contributed by atoms with Gasteiger partial charge >= 0.3 is 0 Å². The summed E-state index contributed by atoms with van der Waals surface area (Å²) in [7, 11) is 0. The van der Waals surface area contributed by atoms with Crippen molar-refractivity contribution >= 4 is 34.2 Å². The van der Waals surface area contributed by atoms with Crippen LogP contribution in [0.3, 0.4) is 0 Å². The van der Waals surface area contributed by atoms with Gasteiger partial charge in [0, 0.05) is 28.3 Å². The second kappa shape index (κ2) is 6.37. The maximum Gasteiger partial charge on any atom is 0.295 e. The van der Waals surface area contributed by atoms with Gasteiger partial charge < -0.3 is 10.2 Å². The lowest BCUT2D eigenvalue weighted by Gasteiger charge is -2.06. The standard InChI is InChI=1S/C17H12ClN3O4/c1-9(22)19-20-15(23)10-2-7-13-14(8-10)17(25)21(16(13)24)12-5-3-11(18)4-6-12/h2-8,24-25H,1H3. The van der Waals surface area contributed by atoms with Crippen molar-refractivity contribution in [2.24, 2.45) is 10.2 Å². The van der Waals surface area contributed by atoms with Gasteiger partial charge in [0.1, 0.15) is 0 Å². The molecule has 0 unspecified atom stereocenters. The Morgan fingerprint density at radius 1 is 0.960 bits per heavy atom. The van der Waals surface area contributed by atoms with Crippen LogP contribution in [0, 0.1) is 0 Å². The number of hydrogen-bond acceptors (Lipinski definition) is 4. The SMILES string of the molecule is CC(=O)N=NC(=O)c1ccc2c(O)n(-c3ccc(Cl)cc3)c(O)c2c1. The van der Waals surface area contributed by atoms with Crippen LogP contribution in [0.1, 0.15) is 17.3 Å². The molecule has 0 spiro atoms. The first-order valence-electron chi connectivity index (χ1n) is 7.17. The monoisotopic (exact) mass is 357 g/mol. The Morgan fingerprint density at radius 2 is 1.60 bits per heavy atom. The van der Waals surface area contributed by atoms with Gasteiger partial charge in [0.05, 0.1) is 5.69 Å². The van der Waals surface area contributed by atoms with Crippen LogP contribution in [0.15, 0.2) is 52.7 Å². The van der Waals surface area contributed by atoms with Crippen molar-refractivity contribution in [3.05, 3.63) is 53.1 Å². The number of nitrogens with zero attached hydrogens (tertiary/aromatic N) is 3. The van der Waals surface area contributed by atoms with Crippen LogP contribution in [0.5, 0.6) is 11.8 Å². The van der Waals surface area contributed by atoms with E-state index in [-0.39, 0.29) is 22.7 Å². The van der Waals surface area contributed by atoms with Gasteiger partial charge in [-0.1, -0.05) is 11.6 Å². The average Bonchev–Trinajstić information content (AvgIpc) is 2.84. The zero-order chi connectivity index (χ0) is 18.1. The molecular formula is C17H12ClN3O4. The number of amides is 2. The quantitative estimate of drug-likeness (QED) is 0.680. The molecule has 126 valence electrons. The fraction of sp³-hybridized carbons (Fsp3) is 0.0588. The van der Waals surface area contributed by atoms with E-state index in [1.165, 1.54) is 29.7 Å². The number of aromatic hydroxyl groups is 2. The van der Waals surface area contributed by atoms with Crippen molar-refractivity contribution in [3.8, 4) is 17.4 Å². The summed E-state index contributed by atoms with van der Waals surface area (Å²) in [5.41, 5.74) is 0.626. The number of carbonyl (C=O) groups excluding carboxylic acids is 2. The zero-order valence-corrected chi connectivity index (χ0v) is 13.7. The molecule has 25 heavy (non-hydrogen) atoms. The van der Waals surface area contributed by atoms with E-state index in [9.17, 15) is 19.8 Å². The molecular weight excluding hydrogens is 346 g/mol. The van der Waals surface area contributed by atoms with Crippen LogP contribution in [-0.4, -0.2) is 26.6 Å². The minimum absolute atomic E-state index is 0.126. The Labute approximate surface area is 146 Å². The van der Waals surface area contributed by atoms with Gasteiger partial charge in [0.25, 0.3) is 11.8 Å². The van der Waals surface area contributed by atoms with Crippen molar-refractivity contribution in [3.63, 3.8) is 0 Å². The highest BCUT2D eigenvalue weighted by Gasteiger charge is 2.19. The van der Waals surface area contributed by atoms with E-state index in [0.717, 1.165) is 0 Å². The molecule has 2 aromatic carbocycles. The predicted molar refractivity (Wildman–Crippen MR) is 91.5 cm³/mol. The van der Waals surface area contributed by atoms with E-state index in [2.05, 4.69) is 10.2 Å². The highest BCUT2D eigenvalue weighted by Crippen LogP contribution is 2.39. The lowest BCUT2D eigenvalue weighted by atomic mass is 10.1. The minimum Gasteiger partial charge on any atom is -0.494 e. The van der Waals surface area contributed by atoms with Crippen LogP contribution >= 0.6 is 11.6 Å². The molecule has 2 N–H and O–H groups in total. The highest BCUT2D eigenvalue weighted by molar-refractivity contribution is 6.30. The molecule has 3 rings (SSSR count). The third kappa shape index (κ3) is 3.09. The second-order valence-electron chi connectivity index (χ2n) is 5.24. The summed E-state index contributed by atoms with van der Waals surface area (Å²) in [4.78, 5) is 22.7. The highest BCUT2D eigenvalue weighted by atomic mass is 35.5. The number of fused-ring (bicyclic) bond motifs is 1. The average molecular weight is 358 g/mol. The molecule has 0 atom stereocenters. The normalized spacial score (nSPS) is 11.3. The van der Waals surface area contributed by atoms with E-state index in [0.29, 0.717) is 16.1 Å². The summed E-state index contributed by atoms with van der Waals surface area (Å²) in [6.07, 6.45) is 0. The van der Waals surface area contributed by atoms with E-state index >= 15 is 0 Å². The van der Waals surface area contributed by atoms with Crippen LogP contribution < -0.4 is 0 Å². The molecule has 0 saturated heterocycles. The van der Waals surface area contributed by atoms with E-state index in [1.807, 2.05) is 0 Å². The third-order valence-corrected chi connectivity index (χ3v) is 3.79. The first kappa shape index (κ1) is 16.7. The van der Waals surface area contributed by atoms with Crippen LogP contribution in [-0.2, 0) is 4.79 Å². The topological polar surface area (TPSA) is 104 Å². The molecule has 0 radical (unpaired) electrons. The summed E-state index contributed by atoms with van der Waals surface area (Å²) in [5.74, 6) is -1.74. The molecule has 3 aromatic rings. The lowest BCUT2D eigenvalue weighted by molar-refractivity contribution is -0.116. The van der Waals surface area contributed by atoms with Gasteiger partial charge in [-0.05, 0) is 42.5 Å². The molecule has 0 saturated carbocycles. The fourth-order valence-electron chi connectivity index (χ4n) is 2.41. The maximum atomic E-state index is 11.9. The Hall–Kier alpha value is -3.19. The van der Waals surface area contributed by atoms with Crippen LogP contribution in [0.4, 0.5) is 0 Å². The fourth-order valence-corrected chi connectivity index (χ4v) is 2.53. The van der Waals surface area contributed by atoms with E-state index in [4.69, 9.17) is 11.6 Å². The van der Waals surface area contributed by atoms with Gasteiger partial charge in [-0.2, -0.15) is 0 Å². The van der Waals surface area contributed by atoms with Gasteiger partial charge in [-0.15, -0.1) is 10.2 Å². The van der Waals surface area contributed by atoms with Crippen molar-refractivity contribution in [1.29, 1.82) is 0 Å². The molecule has 1 aromatic heterocycles. The predicted octanol–water partition coefficient (Wildman–Crippen LogP) is 3.83. The molecule has 0 aliphatic rings. The van der Waals surface area contributed by atoms with Crippen molar-refractivity contribution in [2.75, 3.05) is 0 Å². The first-order valence-corrected chi connectivity index (χ1v) is 7.55. The number of halogens is 1. The molecule has 7 nitrogen and oxygen atoms in total. The van der Waals surface area contributed by atoms with Crippen LogP contribution in [0.2, 0.25) is 5.02 Å². The van der Waals surface area contributed by atoms with Gasteiger partial charge in [-0.25, -0.2) is 0 Å². The molecule has 0 aliphatic carbocycles. The summed E-state index contributed by atoms with van der Waals surface area (Å²) in [6.45, 7) is 1.18. The number of rotatable bonds is 2. The molecule has 8 heteroatoms. The number of benzene rings is 2. The van der Waals surface area contributed by atoms with Gasteiger partial charge in [0.2, 0.25) is 11.8 Å². The molecule has 0 bridgehead atoms. The largest absolute Gasteiger partial charge is 0.494 e. The Balaban J connectivity index is 2.12. The van der Waals surface area contributed by atoms with Crippen molar-refractivity contribution in [1.82, 2.24) is 4.57 Å². The number of azo groups is 1. The smallest absolute Gasteiger partial charge is 0.295 e.